The average molecular weight is 335 g/mol. The Kier molecular flexibility index (Phi) is 4.46. The van der Waals surface area contributed by atoms with Crippen LogP contribution >= 0.6 is 0 Å². The molecule has 20 heavy (non-hydrogen) atoms. The molecule has 0 amide bonds. The molecule has 0 radical (unpaired) electrons. The van der Waals surface area contributed by atoms with Crippen LogP contribution in [0, 0.1) is 0 Å². The van der Waals surface area contributed by atoms with Crippen molar-refractivity contribution in [3.8, 4) is 0 Å². The van der Waals surface area contributed by atoms with Crippen molar-refractivity contribution in [2.45, 2.75) is 16.0 Å². The van der Waals surface area contributed by atoms with Gasteiger partial charge in [0.15, 0.2) is 0 Å². The van der Waals surface area contributed by atoms with Gasteiger partial charge in [-0.1, -0.05) is 6.07 Å². The highest BCUT2D eigenvalue weighted by Crippen LogP contribution is 2.23. The van der Waals surface area contributed by atoms with Crippen LogP contribution in [-0.4, -0.2) is 40.9 Å². The fourth-order valence-corrected chi connectivity index (χ4v) is 3.09. The number of sulfonamides is 1. The Labute approximate surface area is 113 Å². The predicted octanol–water partition coefficient (Wildman–Crippen LogP) is 1.53. The molecule has 0 N–H and O–H groups in total. The molecule has 0 aromatic heterocycles. The third-order valence-corrected chi connectivity index (χ3v) is 4.81. The second-order valence-corrected chi connectivity index (χ2v) is 7.18. The molecule has 0 saturated heterocycles. The minimum atomic E-state index is -5.15. The monoisotopic (exact) mass is 335 g/mol. The summed E-state index contributed by atoms with van der Waals surface area (Å²) in [6.45, 7) is -1.75. The SMILES string of the molecule is CN(CC(F)(F)F)S(=O)(=O)c1cccc(S(=O)(=O)F)c1. The average Bonchev–Trinajstić information content (AvgIpc) is 2.25. The van der Waals surface area contributed by atoms with E-state index in [1.807, 2.05) is 0 Å². The van der Waals surface area contributed by atoms with Gasteiger partial charge in [-0.3, -0.25) is 0 Å². The van der Waals surface area contributed by atoms with Crippen LogP contribution in [0.15, 0.2) is 34.1 Å². The van der Waals surface area contributed by atoms with Gasteiger partial charge in [0.05, 0.1) is 9.79 Å². The van der Waals surface area contributed by atoms with Crippen LogP contribution in [0.2, 0.25) is 0 Å². The third-order valence-electron chi connectivity index (χ3n) is 2.20. The molecule has 0 aliphatic carbocycles. The number of halogens is 4. The van der Waals surface area contributed by atoms with Gasteiger partial charge in [-0.05, 0) is 18.2 Å². The molecule has 114 valence electrons. The van der Waals surface area contributed by atoms with Gasteiger partial charge in [-0.15, -0.1) is 3.89 Å². The summed E-state index contributed by atoms with van der Waals surface area (Å²) in [7, 11) is -9.04. The van der Waals surface area contributed by atoms with E-state index in [9.17, 15) is 33.9 Å². The first-order valence-corrected chi connectivity index (χ1v) is 7.74. The van der Waals surface area contributed by atoms with Crippen molar-refractivity contribution in [2.24, 2.45) is 0 Å². The summed E-state index contributed by atoms with van der Waals surface area (Å²) in [4.78, 5) is -1.69. The minimum absolute atomic E-state index is 0.00301. The topological polar surface area (TPSA) is 71.5 Å². The van der Waals surface area contributed by atoms with Crippen molar-refractivity contribution >= 4 is 20.2 Å². The Balaban J connectivity index is 3.24. The van der Waals surface area contributed by atoms with E-state index in [0.29, 0.717) is 13.1 Å². The Morgan fingerprint density at radius 2 is 1.60 bits per heavy atom. The van der Waals surface area contributed by atoms with Crippen molar-refractivity contribution in [1.29, 1.82) is 0 Å². The standard InChI is InChI=1S/C9H9F4NO4S2/c1-14(6-9(10,11)12)20(17,18)8-4-2-3-7(5-8)19(13,15)16/h2-5H,6H2,1H3. The van der Waals surface area contributed by atoms with Crippen LogP contribution in [0.3, 0.4) is 0 Å². The number of nitrogens with zero attached hydrogens (tertiary/aromatic N) is 1. The zero-order valence-corrected chi connectivity index (χ0v) is 11.6. The van der Waals surface area contributed by atoms with Crippen LogP contribution in [0.5, 0.6) is 0 Å². The third kappa shape index (κ3) is 4.15. The smallest absolute Gasteiger partial charge is 0.207 e. The molecular weight excluding hydrogens is 326 g/mol. The van der Waals surface area contributed by atoms with E-state index < -0.39 is 42.8 Å². The van der Waals surface area contributed by atoms with E-state index in [4.69, 9.17) is 0 Å². The number of alkyl halides is 3. The molecule has 5 nitrogen and oxygen atoms in total. The first-order valence-electron chi connectivity index (χ1n) is 4.92. The molecular formula is C9H9F4NO4S2. The van der Waals surface area contributed by atoms with Gasteiger partial charge in [0, 0.05) is 7.05 Å². The molecule has 1 aromatic carbocycles. The molecule has 0 unspecified atom stereocenters. The van der Waals surface area contributed by atoms with Crippen molar-refractivity contribution < 1.29 is 33.9 Å². The molecule has 0 heterocycles. The van der Waals surface area contributed by atoms with Gasteiger partial charge in [-0.2, -0.15) is 25.9 Å². The number of benzene rings is 1. The van der Waals surface area contributed by atoms with Crippen LogP contribution in [0.4, 0.5) is 17.1 Å². The van der Waals surface area contributed by atoms with E-state index in [0.717, 1.165) is 18.2 Å². The lowest BCUT2D eigenvalue weighted by atomic mass is 10.4. The molecule has 0 spiro atoms. The summed E-state index contributed by atoms with van der Waals surface area (Å²) < 4.78 is 94.1. The van der Waals surface area contributed by atoms with E-state index in [2.05, 4.69) is 0 Å². The number of hydrogen-bond donors (Lipinski definition) is 0. The lowest BCUT2D eigenvalue weighted by Crippen LogP contribution is -2.35. The molecule has 0 atom stereocenters. The van der Waals surface area contributed by atoms with E-state index in [1.165, 1.54) is 0 Å². The molecule has 0 bridgehead atoms. The van der Waals surface area contributed by atoms with Crippen molar-refractivity contribution in [2.75, 3.05) is 13.6 Å². The van der Waals surface area contributed by atoms with Crippen LogP contribution in [0.1, 0.15) is 0 Å². The summed E-state index contributed by atoms with van der Waals surface area (Å²) in [5, 5.41) is 0. The number of hydrogen-bond acceptors (Lipinski definition) is 4. The lowest BCUT2D eigenvalue weighted by molar-refractivity contribution is -0.134. The number of rotatable bonds is 4. The maximum absolute atomic E-state index is 12.7. The molecule has 1 aromatic rings. The largest absolute Gasteiger partial charge is 0.402 e. The van der Waals surface area contributed by atoms with Crippen molar-refractivity contribution in [1.82, 2.24) is 4.31 Å². The first-order chi connectivity index (χ1) is 8.84. The summed E-state index contributed by atoms with van der Waals surface area (Å²) in [6.07, 6.45) is -4.76. The van der Waals surface area contributed by atoms with Gasteiger partial charge >= 0.3 is 16.4 Å². The highest BCUT2D eigenvalue weighted by atomic mass is 32.3. The van der Waals surface area contributed by atoms with Gasteiger partial charge in [0.25, 0.3) is 0 Å². The Bertz CT molecular complexity index is 697. The summed E-state index contributed by atoms with van der Waals surface area (Å²) in [5.41, 5.74) is 0. The quantitative estimate of drug-likeness (QED) is 0.618. The molecule has 11 heteroatoms. The van der Waals surface area contributed by atoms with Gasteiger partial charge in [0.1, 0.15) is 6.54 Å². The van der Waals surface area contributed by atoms with E-state index >= 15 is 0 Å². The second-order valence-electron chi connectivity index (χ2n) is 3.79. The molecule has 0 aliphatic rings. The Hall–Kier alpha value is -1.20. The van der Waals surface area contributed by atoms with Crippen molar-refractivity contribution in [3.63, 3.8) is 0 Å². The Morgan fingerprint density at radius 3 is 2.05 bits per heavy atom. The van der Waals surface area contributed by atoms with Gasteiger partial charge < -0.3 is 0 Å². The molecule has 0 fully saturated rings. The van der Waals surface area contributed by atoms with Crippen LogP contribution in [-0.2, 0) is 20.2 Å². The highest BCUT2D eigenvalue weighted by Gasteiger charge is 2.35. The van der Waals surface area contributed by atoms with Crippen LogP contribution in [0.25, 0.3) is 0 Å². The summed E-state index contributed by atoms with van der Waals surface area (Å²) in [5.74, 6) is 0. The molecule has 1 rings (SSSR count). The fraction of sp³-hybridized carbons (Fsp3) is 0.333. The van der Waals surface area contributed by atoms with E-state index in [-0.39, 0.29) is 4.31 Å². The van der Waals surface area contributed by atoms with Gasteiger partial charge in [-0.25, -0.2) is 8.42 Å². The highest BCUT2D eigenvalue weighted by molar-refractivity contribution is 7.89. The summed E-state index contributed by atoms with van der Waals surface area (Å²) >= 11 is 0. The fourth-order valence-electron chi connectivity index (χ4n) is 1.30. The summed E-state index contributed by atoms with van der Waals surface area (Å²) in [6, 6.07) is 3.04. The first kappa shape index (κ1) is 16.9. The molecule has 0 aliphatic heterocycles. The zero-order chi connectivity index (χ0) is 15.8. The zero-order valence-electron chi connectivity index (χ0n) is 9.93. The van der Waals surface area contributed by atoms with Crippen LogP contribution < -0.4 is 0 Å². The van der Waals surface area contributed by atoms with Gasteiger partial charge in [0.2, 0.25) is 10.0 Å². The maximum atomic E-state index is 12.7. The molecule has 0 saturated carbocycles. The normalized spacial score (nSPS) is 13.7. The maximum Gasteiger partial charge on any atom is 0.402 e. The van der Waals surface area contributed by atoms with E-state index in [1.54, 1.807) is 0 Å². The lowest BCUT2D eigenvalue weighted by Gasteiger charge is -2.18. The second kappa shape index (κ2) is 5.30. The Morgan fingerprint density at radius 1 is 1.10 bits per heavy atom. The van der Waals surface area contributed by atoms with Crippen molar-refractivity contribution in [3.05, 3.63) is 24.3 Å². The predicted molar refractivity (Wildman–Crippen MR) is 60.6 cm³/mol. The minimum Gasteiger partial charge on any atom is -0.207 e.